The maximum atomic E-state index is 10.9. The summed E-state index contributed by atoms with van der Waals surface area (Å²) in [7, 11) is 0. The number of unbranched alkanes of at least 4 members (excludes halogenated alkanes) is 4. The van der Waals surface area contributed by atoms with Gasteiger partial charge in [0.05, 0.1) is 6.61 Å². The van der Waals surface area contributed by atoms with Gasteiger partial charge in [0.2, 0.25) is 0 Å². The number of aliphatic hydroxyl groups excluding tert-OH is 1. The van der Waals surface area contributed by atoms with Crippen molar-refractivity contribution in [2.24, 2.45) is 0 Å². The van der Waals surface area contributed by atoms with Crippen LogP contribution in [0.4, 0.5) is 0 Å². The van der Waals surface area contributed by atoms with Crippen molar-refractivity contribution in [3.05, 3.63) is 108 Å². The molecule has 0 saturated carbocycles. The molecule has 4 rings (SSSR count). The van der Waals surface area contributed by atoms with Crippen LogP contribution < -0.4 is 9.47 Å². The predicted molar refractivity (Wildman–Crippen MR) is 183 cm³/mol. The highest BCUT2D eigenvalue weighted by Crippen LogP contribution is 2.31. The van der Waals surface area contributed by atoms with Gasteiger partial charge < -0.3 is 24.1 Å². The number of rotatable bonds is 17. The van der Waals surface area contributed by atoms with Crippen LogP contribution in [0.15, 0.2) is 91.0 Å². The van der Waals surface area contributed by atoms with Crippen LogP contribution in [-0.2, 0) is 20.7 Å². The van der Waals surface area contributed by atoms with Gasteiger partial charge in [-0.05, 0) is 89.2 Å². The van der Waals surface area contributed by atoms with Crippen LogP contribution in [0.2, 0.25) is 0 Å². The molecule has 0 spiro atoms. The molecule has 6 nitrogen and oxygen atoms in total. The number of aryl methyl sites for hydroxylation is 1. The highest BCUT2D eigenvalue weighted by Gasteiger charge is 2.09. The quantitative estimate of drug-likeness (QED) is 0.0555. The summed E-state index contributed by atoms with van der Waals surface area (Å²) < 4.78 is 21.1. The maximum absolute atomic E-state index is 10.9. The number of hydrogen-bond acceptors (Lipinski definition) is 6. The lowest BCUT2D eigenvalue weighted by atomic mass is 9.91. The molecule has 0 aliphatic heterocycles. The van der Waals surface area contributed by atoms with Gasteiger partial charge in [0, 0.05) is 18.1 Å². The van der Waals surface area contributed by atoms with Gasteiger partial charge in [-0.3, -0.25) is 4.79 Å². The van der Waals surface area contributed by atoms with Crippen molar-refractivity contribution >= 4 is 5.97 Å². The second-order valence-electron chi connectivity index (χ2n) is 11.0. The lowest BCUT2D eigenvalue weighted by molar-refractivity contribution is -0.141. The summed E-state index contributed by atoms with van der Waals surface area (Å²) in [6.45, 7) is 4.61. The Morgan fingerprint density at radius 3 is 1.85 bits per heavy atom. The second-order valence-corrected chi connectivity index (χ2v) is 11.0. The Balaban J connectivity index is 1.44. The lowest BCUT2D eigenvalue weighted by Crippen LogP contribution is -2.09. The molecule has 1 N–H and O–H groups in total. The maximum Gasteiger partial charge on any atom is 0.302 e. The molecule has 0 fully saturated rings. The molecule has 4 aromatic carbocycles. The molecule has 0 amide bonds. The zero-order chi connectivity index (χ0) is 32.4. The molecule has 0 bridgehead atoms. The average Bonchev–Trinajstić information content (AvgIpc) is 3.08. The number of carbonyl (C=O) groups excluding carboxylic acids is 1. The zero-order valence-corrected chi connectivity index (χ0v) is 26.9. The minimum Gasteiger partial charge on any atom is -0.491 e. The fraction of sp³-hybridized carbons (Fsp3) is 0.325. The zero-order valence-electron chi connectivity index (χ0n) is 26.9. The molecule has 0 radical (unpaired) electrons. The van der Waals surface area contributed by atoms with Gasteiger partial charge in [-0.25, -0.2) is 0 Å². The first-order chi connectivity index (χ1) is 22.6. The van der Waals surface area contributed by atoms with E-state index in [-0.39, 0.29) is 19.4 Å². The fourth-order valence-corrected chi connectivity index (χ4v) is 5.06. The summed E-state index contributed by atoms with van der Waals surface area (Å²) in [5.74, 6) is 7.68. The van der Waals surface area contributed by atoms with E-state index in [9.17, 15) is 4.79 Å². The Labute approximate surface area is 273 Å². The number of benzene rings is 4. The first kappa shape index (κ1) is 34.3. The van der Waals surface area contributed by atoms with Crippen LogP contribution in [0.3, 0.4) is 0 Å². The molecule has 0 heterocycles. The predicted octanol–water partition coefficient (Wildman–Crippen LogP) is 8.22. The van der Waals surface area contributed by atoms with Crippen LogP contribution in [0.25, 0.3) is 22.3 Å². The lowest BCUT2D eigenvalue weighted by Gasteiger charge is -2.14. The van der Waals surface area contributed by atoms with Crippen molar-refractivity contribution in [1.82, 2.24) is 0 Å². The molecule has 0 unspecified atom stereocenters. The van der Waals surface area contributed by atoms with Crippen molar-refractivity contribution < 1.29 is 28.8 Å². The van der Waals surface area contributed by atoms with Crippen LogP contribution in [0.1, 0.15) is 62.6 Å². The number of esters is 1. The summed E-state index contributed by atoms with van der Waals surface area (Å²) in [4.78, 5) is 10.9. The SMILES string of the molecule is CCCCCCCc1cc(-c2ccc(OCCOCO)cc2)ccc1-c1ccc(C#Cc2ccc(OCCOC(C)=O)cc2)cc1. The van der Waals surface area contributed by atoms with E-state index in [2.05, 4.69) is 73.4 Å². The van der Waals surface area contributed by atoms with Crippen molar-refractivity contribution in [1.29, 1.82) is 0 Å². The highest BCUT2D eigenvalue weighted by molar-refractivity contribution is 5.74. The van der Waals surface area contributed by atoms with Gasteiger partial charge in [0.1, 0.15) is 38.1 Å². The van der Waals surface area contributed by atoms with Gasteiger partial charge >= 0.3 is 5.97 Å². The Bertz CT molecular complexity index is 1550. The summed E-state index contributed by atoms with van der Waals surface area (Å²) in [5, 5.41) is 8.75. The van der Waals surface area contributed by atoms with Gasteiger partial charge in [-0.1, -0.05) is 86.9 Å². The minimum atomic E-state index is -0.314. The summed E-state index contributed by atoms with van der Waals surface area (Å²) >= 11 is 0. The van der Waals surface area contributed by atoms with Crippen LogP contribution in [-0.4, -0.2) is 44.3 Å². The third kappa shape index (κ3) is 11.4. The third-order valence-corrected chi connectivity index (χ3v) is 7.49. The van der Waals surface area contributed by atoms with E-state index in [0.29, 0.717) is 25.6 Å². The molecule has 46 heavy (non-hydrogen) atoms. The van der Waals surface area contributed by atoms with E-state index in [1.54, 1.807) is 0 Å². The topological polar surface area (TPSA) is 74.2 Å². The normalized spacial score (nSPS) is 10.6. The van der Waals surface area contributed by atoms with Gasteiger partial charge in [0.15, 0.2) is 0 Å². The highest BCUT2D eigenvalue weighted by atomic mass is 16.6. The van der Waals surface area contributed by atoms with Crippen molar-refractivity contribution in [3.63, 3.8) is 0 Å². The van der Waals surface area contributed by atoms with E-state index in [1.165, 1.54) is 61.3 Å². The molecule has 6 heteroatoms. The average molecular weight is 621 g/mol. The van der Waals surface area contributed by atoms with E-state index in [0.717, 1.165) is 28.9 Å². The van der Waals surface area contributed by atoms with E-state index >= 15 is 0 Å². The monoisotopic (exact) mass is 620 g/mol. The minimum absolute atomic E-state index is 0.228. The second kappa shape index (κ2) is 19.1. The molecule has 0 aromatic heterocycles. The Morgan fingerprint density at radius 1 is 0.652 bits per heavy atom. The molecule has 4 aromatic rings. The summed E-state index contributed by atoms with van der Waals surface area (Å²) in [5.41, 5.74) is 7.97. The smallest absolute Gasteiger partial charge is 0.302 e. The summed E-state index contributed by atoms with van der Waals surface area (Å²) in [6, 6.07) is 30.9. The number of ether oxygens (including phenoxy) is 4. The van der Waals surface area contributed by atoms with Crippen LogP contribution >= 0.6 is 0 Å². The number of hydrogen-bond donors (Lipinski definition) is 1. The molecule has 0 atom stereocenters. The Morgan fingerprint density at radius 2 is 1.22 bits per heavy atom. The van der Waals surface area contributed by atoms with Gasteiger partial charge in [-0.15, -0.1) is 0 Å². The van der Waals surface area contributed by atoms with Crippen LogP contribution in [0.5, 0.6) is 11.5 Å². The van der Waals surface area contributed by atoms with Gasteiger partial charge in [0.25, 0.3) is 0 Å². The molecular weight excluding hydrogens is 576 g/mol. The number of carbonyl (C=O) groups is 1. The van der Waals surface area contributed by atoms with E-state index in [1.807, 2.05) is 36.4 Å². The molecule has 0 aliphatic carbocycles. The molecule has 240 valence electrons. The molecular formula is C40H44O6. The first-order valence-corrected chi connectivity index (χ1v) is 16.1. The summed E-state index contributed by atoms with van der Waals surface area (Å²) in [6.07, 6.45) is 7.23. The van der Waals surface area contributed by atoms with E-state index in [4.69, 9.17) is 24.1 Å². The Kier molecular flexibility index (Phi) is 14.2. The third-order valence-electron chi connectivity index (χ3n) is 7.49. The molecule has 0 aliphatic rings. The van der Waals surface area contributed by atoms with E-state index < -0.39 is 0 Å². The fourth-order valence-electron chi connectivity index (χ4n) is 5.06. The number of aliphatic hydroxyl groups is 1. The molecule has 0 saturated heterocycles. The van der Waals surface area contributed by atoms with Crippen molar-refractivity contribution in [3.8, 4) is 45.6 Å². The largest absolute Gasteiger partial charge is 0.491 e. The first-order valence-electron chi connectivity index (χ1n) is 16.1. The van der Waals surface area contributed by atoms with Crippen molar-refractivity contribution in [2.75, 3.05) is 33.2 Å². The van der Waals surface area contributed by atoms with Gasteiger partial charge in [-0.2, -0.15) is 0 Å². The Hall–Kier alpha value is -4.57. The van der Waals surface area contributed by atoms with Crippen molar-refractivity contribution in [2.45, 2.75) is 52.4 Å². The standard InChI is InChI=1S/C40H44O6/c1-3-4-5-6-7-8-37-29-36(34-17-22-39(23-18-34)45-26-25-43-30-41)19-24-40(37)35-15-11-32(12-16-35)9-10-33-13-20-38(21-14-33)46-28-27-44-31(2)42/h11-24,29,41H,3-8,25-28,30H2,1-2H3. The van der Waals surface area contributed by atoms with Crippen LogP contribution in [0, 0.1) is 11.8 Å².